The van der Waals surface area contributed by atoms with Crippen molar-refractivity contribution in [3.05, 3.63) is 59.2 Å². The second kappa shape index (κ2) is 9.45. The van der Waals surface area contributed by atoms with Crippen molar-refractivity contribution in [2.24, 2.45) is 0 Å². The van der Waals surface area contributed by atoms with Gasteiger partial charge in [0.2, 0.25) is 15.9 Å². The first-order valence-corrected chi connectivity index (χ1v) is 11.9. The lowest BCUT2D eigenvalue weighted by Crippen LogP contribution is -2.32. The maximum absolute atomic E-state index is 12.3. The molecule has 6 nitrogen and oxygen atoms in total. The Bertz CT molecular complexity index is 970. The normalized spacial score (nSPS) is 13.7. The summed E-state index contributed by atoms with van der Waals surface area (Å²) in [5, 5.41) is 2.84. The third kappa shape index (κ3) is 5.98. The highest BCUT2D eigenvalue weighted by Gasteiger charge is 2.16. The van der Waals surface area contributed by atoms with Gasteiger partial charge in [0.05, 0.1) is 10.9 Å². The van der Waals surface area contributed by atoms with E-state index in [9.17, 15) is 17.4 Å². The summed E-state index contributed by atoms with van der Waals surface area (Å²) >= 11 is 0. The Morgan fingerprint density at radius 2 is 1.71 bits per heavy atom. The third-order valence-electron chi connectivity index (χ3n) is 4.52. The molecule has 0 fully saturated rings. The summed E-state index contributed by atoms with van der Waals surface area (Å²) in [6.07, 6.45) is 1.64. The van der Waals surface area contributed by atoms with Gasteiger partial charge in [-0.05, 0) is 61.7 Å². The van der Waals surface area contributed by atoms with Gasteiger partial charge in [-0.2, -0.15) is 0 Å². The van der Waals surface area contributed by atoms with Crippen LogP contribution in [0.2, 0.25) is 0 Å². The molecular formula is C20H26N2O4S2. The van der Waals surface area contributed by atoms with Crippen molar-refractivity contribution in [3.63, 3.8) is 0 Å². The number of aryl methyl sites for hydroxylation is 2. The predicted octanol–water partition coefficient (Wildman–Crippen LogP) is 2.59. The van der Waals surface area contributed by atoms with Crippen LogP contribution >= 0.6 is 0 Å². The average Bonchev–Trinajstić information content (AvgIpc) is 2.63. The fraction of sp³-hybridized carbons (Fsp3) is 0.350. The maximum atomic E-state index is 12.3. The lowest BCUT2D eigenvalue weighted by molar-refractivity contribution is -0.121. The highest BCUT2D eigenvalue weighted by Crippen LogP contribution is 2.16. The molecule has 0 bridgehead atoms. The van der Waals surface area contributed by atoms with Crippen molar-refractivity contribution >= 4 is 26.7 Å². The van der Waals surface area contributed by atoms with Crippen molar-refractivity contribution in [1.29, 1.82) is 0 Å². The van der Waals surface area contributed by atoms with Gasteiger partial charge in [-0.1, -0.05) is 18.2 Å². The van der Waals surface area contributed by atoms with E-state index in [1.165, 1.54) is 0 Å². The Hall–Kier alpha value is -2.03. The van der Waals surface area contributed by atoms with Crippen LogP contribution < -0.4 is 10.0 Å². The molecule has 0 unspecified atom stereocenters. The molecule has 28 heavy (non-hydrogen) atoms. The zero-order chi connectivity index (χ0) is 20.9. The summed E-state index contributed by atoms with van der Waals surface area (Å²) in [6.45, 7) is 5.63. The molecule has 2 atom stereocenters. The molecule has 2 rings (SSSR count). The molecule has 1 amide bonds. The summed E-state index contributed by atoms with van der Waals surface area (Å²) in [7, 11) is -4.69. The van der Waals surface area contributed by atoms with Gasteiger partial charge in [0.25, 0.3) is 0 Å². The number of sulfonamides is 1. The van der Waals surface area contributed by atoms with Crippen molar-refractivity contribution in [2.75, 3.05) is 12.8 Å². The molecule has 152 valence electrons. The first-order valence-electron chi connectivity index (χ1n) is 8.90. The zero-order valence-corrected chi connectivity index (χ0v) is 18.1. The molecule has 2 aromatic rings. The summed E-state index contributed by atoms with van der Waals surface area (Å²) in [5.41, 5.74) is 2.80. The van der Waals surface area contributed by atoms with Gasteiger partial charge in [0.15, 0.2) is 0 Å². The average molecular weight is 423 g/mol. The first kappa shape index (κ1) is 22.3. The van der Waals surface area contributed by atoms with Gasteiger partial charge in [-0.25, -0.2) is 13.1 Å². The summed E-state index contributed by atoms with van der Waals surface area (Å²) in [6, 6.07) is 11.9. The lowest BCUT2D eigenvalue weighted by Gasteiger charge is -2.15. The fourth-order valence-corrected chi connectivity index (χ4v) is 4.24. The predicted molar refractivity (Wildman–Crippen MR) is 111 cm³/mol. The quantitative estimate of drug-likeness (QED) is 0.684. The van der Waals surface area contributed by atoms with Gasteiger partial charge in [-0.15, -0.1) is 0 Å². The van der Waals surface area contributed by atoms with Crippen LogP contribution in [0.25, 0.3) is 0 Å². The van der Waals surface area contributed by atoms with Gasteiger partial charge in [0.1, 0.15) is 0 Å². The van der Waals surface area contributed by atoms with Crippen LogP contribution in [-0.4, -0.2) is 31.3 Å². The van der Waals surface area contributed by atoms with Crippen molar-refractivity contribution in [2.45, 2.75) is 43.0 Å². The van der Waals surface area contributed by atoms with Crippen LogP contribution in [0, 0.1) is 13.8 Å². The minimum Gasteiger partial charge on any atom is -0.350 e. The topological polar surface area (TPSA) is 92.3 Å². The molecule has 2 N–H and O–H groups in total. The molecule has 0 radical (unpaired) electrons. The largest absolute Gasteiger partial charge is 0.350 e. The second-order valence-electron chi connectivity index (χ2n) is 6.71. The molecule has 0 aromatic heterocycles. The minimum absolute atomic E-state index is 0.0154. The van der Waals surface area contributed by atoms with E-state index >= 15 is 0 Å². The third-order valence-corrected chi connectivity index (χ3v) is 6.92. The van der Waals surface area contributed by atoms with Crippen molar-refractivity contribution < 1.29 is 17.4 Å². The van der Waals surface area contributed by atoms with E-state index in [4.69, 9.17) is 0 Å². The van der Waals surface area contributed by atoms with E-state index in [0.29, 0.717) is 0 Å². The number of carbonyl (C=O) groups is 1. The van der Waals surface area contributed by atoms with E-state index in [-0.39, 0.29) is 29.8 Å². The van der Waals surface area contributed by atoms with Crippen LogP contribution in [0.15, 0.2) is 52.3 Å². The standard InChI is InChI=1S/C20H26N2O4S2/c1-14-5-10-19(13-15(14)2)28(25,26)21-12-11-20(23)22-16(3)17-6-8-18(9-7-17)27(4)24/h5-10,13,16,21H,11-12H2,1-4H3,(H,22,23)/t16-,27+/m1/s1. The molecule has 8 heteroatoms. The number of rotatable bonds is 8. The van der Waals surface area contributed by atoms with E-state index in [2.05, 4.69) is 10.0 Å². The Morgan fingerprint density at radius 1 is 1.07 bits per heavy atom. The van der Waals surface area contributed by atoms with Crippen molar-refractivity contribution in [1.82, 2.24) is 10.0 Å². The Balaban J connectivity index is 1.87. The summed E-state index contributed by atoms with van der Waals surface area (Å²) < 4.78 is 38.6. The molecule has 0 aliphatic heterocycles. The summed E-state index contributed by atoms with van der Waals surface area (Å²) in [4.78, 5) is 13.0. The first-order chi connectivity index (χ1) is 13.1. The second-order valence-corrected chi connectivity index (χ2v) is 9.85. The van der Waals surface area contributed by atoms with E-state index in [1.54, 1.807) is 36.6 Å². The molecule has 2 aromatic carbocycles. The smallest absolute Gasteiger partial charge is 0.240 e. The Labute approximate surface area is 169 Å². The lowest BCUT2D eigenvalue weighted by atomic mass is 10.1. The zero-order valence-electron chi connectivity index (χ0n) is 16.5. The monoisotopic (exact) mass is 422 g/mol. The molecular weight excluding hydrogens is 396 g/mol. The van der Waals surface area contributed by atoms with E-state index < -0.39 is 20.8 Å². The van der Waals surface area contributed by atoms with Gasteiger partial charge in [0, 0.05) is 34.9 Å². The molecule has 0 saturated carbocycles. The van der Waals surface area contributed by atoms with E-state index in [1.807, 2.05) is 32.9 Å². The number of carbonyl (C=O) groups excluding carboxylic acids is 1. The Kier molecular flexibility index (Phi) is 7.51. The molecule has 0 heterocycles. The van der Waals surface area contributed by atoms with Gasteiger partial charge >= 0.3 is 0 Å². The number of nitrogens with one attached hydrogen (secondary N) is 2. The maximum Gasteiger partial charge on any atom is 0.240 e. The molecule has 0 saturated heterocycles. The van der Waals surface area contributed by atoms with Gasteiger partial charge in [-0.3, -0.25) is 9.00 Å². The van der Waals surface area contributed by atoms with Gasteiger partial charge < -0.3 is 5.32 Å². The van der Waals surface area contributed by atoms with Crippen LogP contribution in [-0.2, 0) is 25.6 Å². The van der Waals surface area contributed by atoms with E-state index in [0.717, 1.165) is 21.6 Å². The number of amides is 1. The molecule has 0 aliphatic carbocycles. The highest BCUT2D eigenvalue weighted by atomic mass is 32.2. The van der Waals surface area contributed by atoms with Crippen LogP contribution in [0.1, 0.15) is 36.1 Å². The fourth-order valence-electron chi connectivity index (χ4n) is 2.61. The number of hydrogen-bond donors (Lipinski definition) is 2. The summed E-state index contributed by atoms with van der Waals surface area (Å²) in [5.74, 6) is -0.251. The van der Waals surface area contributed by atoms with Crippen molar-refractivity contribution in [3.8, 4) is 0 Å². The van der Waals surface area contributed by atoms with Crippen LogP contribution in [0.5, 0.6) is 0 Å². The van der Waals surface area contributed by atoms with Crippen LogP contribution in [0.4, 0.5) is 0 Å². The SMILES string of the molecule is Cc1ccc(S(=O)(=O)NCCC(=O)N[C@H](C)c2ccc([S@](C)=O)cc2)cc1C. The number of benzene rings is 2. The number of hydrogen-bond acceptors (Lipinski definition) is 4. The highest BCUT2D eigenvalue weighted by molar-refractivity contribution is 7.89. The Morgan fingerprint density at radius 3 is 2.29 bits per heavy atom. The molecule has 0 spiro atoms. The van der Waals surface area contributed by atoms with Crippen LogP contribution in [0.3, 0.4) is 0 Å². The minimum atomic E-state index is -3.65. The molecule has 0 aliphatic rings.